The van der Waals surface area contributed by atoms with E-state index in [-0.39, 0.29) is 23.5 Å². The van der Waals surface area contributed by atoms with Crippen molar-refractivity contribution in [3.05, 3.63) is 46.8 Å². The van der Waals surface area contributed by atoms with Crippen LogP contribution in [0.2, 0.25) is 0 Å². The highest BCUT2D eigenvalue weighted by molar-refractivity contribution is 7.98. The van der Waals surface area contributed by atoms with Crippen LogP contribution >= 0.6 is 11.8 Å². The Morgan fingerprint density at radius 1 is 1.36 bits per heavy atom. The molecule has 25 heavy (non-hydrogen) atoms. The summed E-state index contributed by atoms with van der Waals surface area (Å²) in [4.78, 5) is 13.4. The van der Waals surface area contributed by atoms with Crippen LogP contribution in [-0.4, -0.2) is 37.0 Å². The first-order valence-electron chi connectivity index (χ1n) is 8.00. The number of sulfone groups is 1. The van der Waals surface area contributed by atoms with Crippen LogP contribution in [0.4, 0.5) is 0 Å². The molecule has 1 aliphatic rings. The minimum atomic E-state index is -3.02. The van der Waals surface area contributed by atoms with Crippen molar-refractivity contribution in [1.82, 2.24) is 10.5 Å². The van der Waals surface area contributed by atoms with E-state index in [1.807, 2.05) is 26.0 Å². The van der Waals surface area contributed by atoms with Gasteiger partial charge >= 0.3 is 0 Å². The zero-order valence-corrected chi connectivity index (χ0v) is 15.7. The van der Waals surface area contributed by atoms with Crippen LogP contribution in [0.5, 0.6) is 0 Å². The van der Waals surface area contributed by atoms with Gasteiger partial charge in [-0.3, -0.25) is 4.79 Å². The third-order valence-electron chi connectivity index (χ3n) is 4.25. The summed E-state index contributed by atoms with van der Waals surface area (Å²) in [7, 11) is -3.02. The molecule has 1 aromatic carbocycles. The maximum Gasteiger partial charge on any atom is 0.252 e. The summed E-state index contributed by atoms with van der Waals surface area (Å²) in [5.41, 5.74) is 2.44. The maximum absolute atomic E-state index is 12.6. The number of nitrogens with zero attached hydrogens (tertiary/aromatic N) is 1. The molecular weight excluding hydrogens is 360 g/mol. The number of benzene rings is 1. The van der Waals surface area contributed by atoms with Crippen molar-refractivity contribution < 1.29 is 17.7 Å². The molecule has 3 rings (SSSR count). The third kappa shape index (κ3) is 4.24. The van der Waals surface area contributed by atoms with Crippen molar-refractivity contribution >= 4 is 27.5 Å². The van der Waals surface area contributed by atoms with Crippen LogP contribution in [0.1, 0.15) is 33.8 Å². The molecule has 1 aromatic heterocycles. The van der Waals surface area contributed by atoms with E-state index in [2.05, 4.69) is 10.5 Å². The first-order valence-corrected chi connectivity index (χ1v) is 10.8. The highest BCUT2D eigenvalue weighted by atomic mass is 32.2. The lowest BCUT2D eigenvalue weighted by atomic mass is 10.2. The number of aryl methyl sites for hydroxylation is 2. The highest BCUT2D eigenvalue weighted by Gasteiger charge is 2.29. The maximum atomic E-state index is 12.6. The number of aromatic nitrogens is 1. The summed E-state index contributed by atoms with van der Waals surface area (Å²) in [5, 5.41) is 6.79. The first kappa shape index (κ1) is 18.0. The Kier molecular flexibility index (Phi) is 5.19. The molecule has 134 valence electrons. The average Bonchev–Trinajstić information content (AvgIpc) is 3.07. The van der Waals surface area contributed by atoms with E-state index in [1.165, 1.54) is 0 Å². The molecule has 0 radical (unpaired) electrons. The van der Waals surface area contributed by atoms with Gasteiger partial charge in [0.2, 0.25) is 0 Å². The number of hydrogen-bond acceptors (Lipinski definition) is 6. The Balaban J connectivity index is 1.71. The summed E-state index contributed by atoms with van der Waals surface area (Å²) in [6, 6.07) is 7.03. The summed E-state index contributed by atoms with van der Waals surface area (Å²) < 4.78 is 28.3. The van der Waals surface area contributed by atoms with Crippen molar-refractivity contribution in [3.8, 4) is 0 Å². The van der Waals surface area contributed by atoms with Crippen LogP contribution < -0.4 is 5.32 Å². The molecule has 1 amide bonds. The van der Waals surface area contributed by atoms with E-state index in [0.29, 0.717) is 17.7 Å². The lowest BCUT2D eigenvalue weighted by Gasteiger charge is -2.13. The molecule has 1 fully saturated rings. The molecule has 0 saturated carbocycles. The van der Waals surface area contributed by atoms with E-state index in [4.69, 9.17) is 4.52 Å². The van der Waals surface area contributed by atoms with E-state index < -0.39 is 9.84 Å². The van der Waals surface area contributed by atoms with Gasteiger partial charge in [-0.2, -0.15) is 0 Å². The summed E-state index contributed by atoms with van der Waals surface area (Å²) in [6.07, 6.45) is 0.475. The van der Waals surface area contributed by atoms with Gasteiger partial charge in [-0.15, -0.1) is 11.8 Å². The monoisotopic (exact) mass is 380 g/mol. The zero-order chi connectivity index (χ0) is 18.0. The van der Waals surface area contributed by atoms with Crippen LogP contribution in [0, 0.1) is 13.8 Å². The Labute approximate surface area is 151 Å². The highest BCUT2D eigenvalue weighted by Crippen LogP contribution is 2.29. The third-order valence-corrected chi connectivity index (χ3v) is 7.12. The molecule has 0 aliphatic carbocycles. The number of hydrogen-bond donors (Lipinski definition) is 1. The number of carbonyl (C=O) groups is 1. The lowest BCUT2D eigenvalue weighted by Crippen LogP contribution is -2.35. The molecule has 0 spiro atoms. The summed E-state index contributed by atoms with van der Waals surface area (Å²) in [5.74, 6) is 1.36. The lowest BCUT2D eigenvalue weighted by molar-refractivity contribution is 0.0938. The number of rotatable bonds is 5. The fourth-order valence-corrected chi connectivity index (χ4v) is 5.69. The van der Waals surface area contributed by atoms with E-state index in [0.717, 1.165) is 21.9 Å². The van der Waals surface area contributed by atoms with Crippen molar-refractivity contribution in [2.45, 2.75) is 37.0 Å². The van der Waals surface area contributed by atoms with E-state index >= 15 is 0 Å². The Bertz CT molecular complexity index is 870. The normalized spacial score (nSPS) is 19.0. The standard InChI is InChI=1S/C17H20N2O4S2/c1-11-15(12(2)23-19-11)9-24-16-6-4-3-5-14(16)17(20)18-13-7-8-25(21,22)10-13/h3-6,13H,7-10H2,1-2H3,(H,18,20). The van der Waals surface area contributed by atoms with Gasteiger partial charge in [0.1, 0.15) is 5.76 Å². The summed E-state index contributed by atoms with van der Waals surface area (Å²) >= 11 is 1.54. The van der Waals surface area contributed by atoms with Gasteiger partial charge in [-0.25, -0.2) is 8.42 Å². The van der Waals surface area contributed by atoms with Crippen molar-refractivity contribution in [1.29, 1.82) is 0 Å². The number of amides is 1. The van der Waals surface area contributed by atoms with Gasteiger partial charge in [-0.1, -0.05) is 17.3 Å². The molecule has 1 saturated heterocycles. The van der Waals surface area contributed by atoms with Gasteiger partial charge in [0.05, 0.1) is 22.8 Å². The number of carbonyl (C=O) groups excluding carboxylic acids is 1. The van der Waals surface area contributed by atoms with Gasteiger partial charge < -0.3 is 9.84 Å². The molecule has 1 atom stereocenters. The smallest absolute Gasteiger partial charge is 0.252 e. The van der Waals surface area contributed by atoms with Crippen molar-refractivity contribution in [3.63, 3.8) is 0 Å². The Morgan fingerprint density at radius 2 is 2.12 bits per heavy atom. The topological polar surface area (TPSA) is 89.3 Å². The van der Waals surface area contributed by atoms with Gasteiger partial charge in [-0.05, 0) is 32.4 Å². The quantitative estimate of drug-likeness (QED) is 0.802. The van der Waals surface area contributed by atoms with Gasteiger partial charge in [0, 0.05) is 22.3 Å². The predicted molar refractivity (Wildman–Crippen MR) is 96.5 cm³/mol. The second kappa shape index (κ2) is 7.21. The minimum absolute atomic E-state index is 0.0210. The second-order valence-electron chi connectivity index (χ2n) is 6.16. The van der Waals surface area contributed by atoms with E-state index in [9.17, 15) is 13.2 Å². The number of nitrogens with one attached hydrogen (secondary N) is 1. The SMILES string of the molecule is Cc1noc(C)c1CSc1ccccc1C(=O)NC1CCS(=O)(=O)C1. The molecule has 6 nitrogen and oxygen atoms in total. The van der Waals surface area contributed by atoms with Crippen LogP contribution in [0.15, 0.2) is 33.7 Å². The van der Waals surface area contributed by atoms with E-state index in [1.54, 1.807) is 23.9 Å². The van der Waals surface area contributed by atoms with Gasteiger partial charge in [0.15, 0.2) is 9.84 Å². The Morgan fingerprint density at radius 3 is 2.76 bits per heavy atom. The molecule has 0 bridgehead atoms. The molecule has 2 heterocycles. The minimum Gasteiger partial charge on any atom is -0.361 e. The van der Waals surface area contributed by atoms with Crippen molar-refractivity contribution in [2.24, 2.45) is 0 Å². The molecule has 1 aliphatic heterocycles. The molecular formula is C17H20N2O4S2. The van der Waals surface area contributed by atoms with Crippen molar-refractivity contribution in [2.75, 3.05) is 11.5 Å². The first-order chi connectivity index (χ1) is 11.9. The van der Waals surface area contributed by atoms with Crippen LogP contribution in [0.3, 0.4) is 0 Å². The summed E-state index contributed by atoms with van der Waals surface area (Å²) in [6.45, 7) is 3.76. The fraction of sp³-hybridized carbons (Fsp3) is 0.412. The van der Waals surface area contributed by atoms with Gasteiger partial charge in [0.25, 0.3) is 5.91 Å². The van der Waals surface area contributed by atoms with Crippen LogP contribution in [0.25, 0.3) is 0 Å². The predicted octanol–water partition coefficient (Wildman–Crippen LogP) is 2.50. The number of thioether (sulfide) groups is 1. The molecule has 1 unspecified atom stereocenters. The molecule has 8 heteroatoms. The second-order valence-corrected chi connectivity index (χ2v) is 9.41. The largest absolute Gasteiger partial charge is 0.361 e. The van der Waals surface area contributed by atoms with Crippen LogP contribution in [-0.2, 0) is 15.6 Å². The average molecular weight is 380 g/mol. The Hall–Kier alpha value is -1.80. The zero-order valence-electron chi connectivity index (χ0n) is 14.1. The molecule has 2 aromatic rings. The fourth-order valence-electron chi connectivity index (χ4n) is 2.81. The molecule has 1 N–H and O–H groups in total.